The highest BCUT2D eigenvalue weighted by Gasteiger charge is 2.13. The number of hydrogen-bond donors (Lipinski definition) is 2. The Balaban J connectivity index is 3.53. The van der Waals surface area contributed by atoms with Crippen LogP contribution in [0.2, 0.25) is 0 Å². The summed E-state index contributed by atoms with van der Waals surface area (Å²) < 4.78 is 0. The van der Waals surface area contributed by atoms with Gasteiger partial charge in [-0.25, -0.2) is 0 Å². The predicted molar refractivity (Wildman–Crippen MR) is 60.2 cm³/mol. The highest BCUT2D eigenvalue weighted by atomic mass is 16.3. The van der Waals surface area contributed by atoms with Gasteiger partial charge in [-0.15, -0.1) is 0 Å². The highest BCUT2D eigenvalue weighted by molar-refractivity contribution is 4.65. The second kappa shape index (κ2) is 7.24. The van der Waals surface area contributed by atoms with E-state index in [4.69, 9.17) is 0 Å². The van der Waals surface area contributed by atoms with E-state index in [-0.39, 0.29) is 12.2 Å². The Hall–Kier alpha value is -0.0800. The number of rotatable bonds is 7. The molecule has 0 aromatic carbocycles. The Kier molecular flexibility index (Phi) is 7.20. The van der Waals surface area contributed by atoms with Gasteiger partial charge in [0.15, 0.2) is 0 Å². The van der Waals surface area contributed by atoms with Crippen LogP contribution in [0, 0.1) is 11.8 Å². The molecule has 86 valence electrons. The maximum absolute atomic E-state index is 9.71. The monoisotopic (exact) mass is 202 g/mol. The molecule has 0 fully saturated rings. The zero-order chi connectivity index (χ0) is 11.1. The van der Waals surface area contributed by atoms with E-state index in [0.717, 1.165) is 25.7 Å². The van der Waals surface area contributed by atoms with Crippen molar-refractivity contribution in [3.63, 3.8) is 0 Å². The zero-order valence-electron chi connectivity index (χ0n) is 10.0. The van der Waals surface area contributed by atoms with Gasteiger partial charge in [-0.05, 0) is 31.6 Å². The Bertz CT molecular complexity index is 134. The first-order valence-electron chi connectivity index (χ1n) is 5.85. The van der Waals surface area contributed by atoms with Crippen LogP contribution in [0.25, 0.3) is 0 Å². The average Bonchev–Trinajstić information content (AvgIpc) is 2.15. The van der Waals surface area contributed by atoms with Gasteiger partial charge in [0.25, 0.3) is 0 Å². The van der Waals surface area contributed by atoms with Crippen LogP contribution in [0.3, 0.4) is 0 Å². The van der Waals surface area contributed by atoms with Crippen molar-refractivity contribution in [3.05, 3.63) is 0 Å². The second-order valence-electron chi connectivity index (χ2n) is 4.60. The van der Waals surface area contributed by atoms with Crippen LogP contribution in [-0.4, -0.2) is 22.4 Å². The lowest BCUT2D eigenvalue weighted by molar-refractivity contribution is 0.0922. The van der Waals surface area contributed by atoms with Gasteiger partial charge in [0, 0.05) is 0 Å². The van der Waals surface area contributed by atoms with Gasteiger partial charge in [-0.1, -0.05) is 33.6 Å². The van der Waals surface area contributed by atoms with E-state index in [1.807, 2.05) is 6.92 Å². The third-order valence-electron chi connectivity index (χ3n) is 3.28. The molecular weight excluding hydrogens is 176 g/mol. The maximum Gasteiger partial charge on any atom is 0.0565 e. The summed E-state index contributed by atoms with van der Waals surface area (Å²) in [6, 6.07) is 0. The molecule has 0 radical (unpaired) electrons. The summed E-state index contributed by atoms with van der Waals surface area (Å²) in [6.45, 7) is 8.07. The molecule has 0 bridgehead atoms. The molecule has 0 aliphatic rings. The third kappa shape index (κ3) is 5.61. The molecule has 0 spiro atoms. The molecule has 0 aliphatic heterocycles. The highest BCUT2D eigenvalue weighted by Crippen LogP contribution is 2.17. The van der Waals surface area contributed by atoms with Crippen molar-refractivity contribution in [2.45, 2.75) is 65.6 Å². The quantitative estimate of drug-likeness (QED) is 0.666. The van der Waals surface area contributed by atoms with Gasteiger partial charge in [0.05, 0.1) is 12.2 Å². The molecule has 2 nitrogen and oxygen atoms in total. The van der Waals surface area contributed by atoms with E-state index < -0.39 is 0 Å². The molecule has 0 aromatic rings. The Morgan fingerprint density at radius 3 is 1.93 bits per heavy atom. The lowest BCUT2D eigenvalue weighted by Crippen LogP contribution is -2.18. The van der Waals surface area contributed by atoms with E-state index in [2.05, 4.69) is 20.8 Å². The molecule has 14 heavy (non-hydrogen) atoms. The van der Waals surface area contributed by atoms with Crippen molar-refractivity contribution in [1.82, 2.24) is 0 Å². The molecule has 4 atom stereocenters. The Morgan fingerprint density at radius 2 is 1.50 bits per heavy atom. The van der Waals surface area contributed by atoms with Gasteiger partial charge in [-0.3, -0.25) is 0 Å². The fraction of sp³-hybridized carbons (Fsp3) is 1.00. The van der Waals surface area contributed by atoms with Crippen molar-refractivity contribution in [1.29, 1.82) is 0 Å². The summed E-state index contributed by atoms with van der Waals surface area (Å²) in [6.07, 6.45) is 3.53. The lowest BCUT2D eigenvalue weighted by atomic mass is 9.93. The standard InChI is InChI=1S/C12H26O2/c1-5-9(2)12(14)8-6-7-10(3)11(4)13/h9-14H,5-8H2,1-4H3. The summed E-state index contributed by atoms with van der Waals surface area (Å²) in [5.74, 6) is 0.746. The van der Waals surface area contributed by atoms with Gasteiger partial charge >= 0.3 is 0 Å². The molecule has 4 unspecified atom stereocenters. The van der Waals surface area contributed by atoms with Crippen LogP contribution in [0.15, 0.2) is 0 Å². The van der Waals surface area contributed by atoms with E-state index in [1.165, 1.54) is 0 Å². The molecule has 0 saturated carbocycles. The van der Waals surface area contributed by atoms with Gasteiger partial charge < -0.3 is 10.2 Å². The van der Waals surface area contributed by atoms with Crippen LogP contribution in [-0.2, 0) is 0 Å². The first-order chi connectivity index (χ1) is 6.49. The van der Waals surface area contributed by atoms with Crippen molar-refractivity contribution in [2.24, 2.45) is 11.8 Å². The summed E-state index contributed by atoms with van der Waals surface area (Å²) in [5.41, 5.74) is 0. The smallest absolute Gasteiger partial charge is 0.0565 e. The molecule has 0 amide bonds. The third-order valence-corrected chi connectivity index (χ3v) is 3.28. The summed E-state index contributed by atoms with van der Waals surface area (Å²) in [4.78, 5) is 0. The van der Waals surface area contributed by atoms with E-state index in [9.17, 15) is 10.2 Å². The zero-order valence-corrected chi connectivity index (χ0v) is 10.0. The van der Waals surface area contributed by atoms with Crippen LogP contribution in [0.4, 0.5) is 0 Å². The molecule has 0 aromatic heterocycles. The Labute approximate surface area is 88.3 Å². The largest absolute Gasteiger partial charge is 0.393 e. The number of aliphatic hydroxyl groups is 2. The normalized spacial score (nSPS) is 20.1. The summed E-state index contributed by atoms with van der Waals surface area (Å²) >= 11 is 0. The minimum absolute atomic E-state index is 0.166. The van der Waals surface area contributed by atoms with E-state index in [1.54, 1.807) is 0 Å². The minimum Gasteiger partial charge on any atom is -0.393 e. The van der Waals surface area contributed by atoms with Gasteiger partial charge in [0.2, 0.25) is 0 Å². The molecule has 2 N–H and O–H groups in total. The van der Waals surface area contributed by atoms with Crippen molar-refractivity contribution in [2.75, 3.05) is 0 Å². The van der Waals surface area contributed by atoms with E-state index in [0.29, 0.717) is 11.8 Å². The van der Waals surface area contributed by atoms with E-state index >= 15 is 0 Å². The molecular formula is C12H26O2. The van der Waals surface area contributed by atoms with Crippen LogP contribution in [0.1, 0.15) is 53.4 Å². The van der Waals surface area contributed by atoms with Crippen molar-refractivity contribution >= 4 is 0 Å². The summed E-state index contributed by atoms with van der Waals surface area (Å²) in [5, 5.41) is 19.0. The fourth-order valence-corrected chi connectivity index (χ4v) is 1.45. The Morgan fingerprint density at radius 1 is 0.929 bits per heavy atom. The van der Waals surface area contributed by atoms with Crippen LogP contribution < -0.4 is 0 Å². The van der Waals surface area contributed by atoms with Gasteiger partial charge in [0.1, 0.15) is 0 Å². The SMILES string of the molecule is CCC(C)C(O)CCCC(C)C(C)O. The first kappa shape index (κ1) is 13.9. The molecule has 0 saturated heterocycles. The van der Waals surface area contributed by atoms with Gasteiger partial charge in [-0.2, -0.15) is 0 Å². The van der Waals surface area contributed by atoms with Crippen molar-refractivity contribution < 1.29 is 10.2 Å². The predicted octanol–water partition coefficient (Wildman–Crippen LogP) is 2.58. The minimum atomic E-state index is -0.226. The fourth-order valence-electron chi connectivity index (χ4n) is 1.45. The average molecular weight is 202 g/mol. The second-order valence-corrected chi connectivity index (χ2v) is 4.60. The lowest BCUT2D eigenvalue weighted by Gasteiger charge is -2.19. The molecule has 0 heterocycles. The van der Waals surface area contributed by atoms with Crippen molar-refractivity contribution in [3.8, 4) is 0 Å². The number of aliphatic hydroxyl groups excluding tert-OH is 2. The molecule has 0 aliphatic carbocycles. The molecule has 2 heteroatoms. The van der Waals surface area contributed by atoms with Crippen LogP contribution >= 0.6 is 0 Å². The maximum atomic E-state index is 9.71. The topological polar surface area (TPSA) is 40.5 Å². The first-order valence-corrected chi connectivity index (χ1v) is 5.85. The molecule has 0 rings (SSSR count). The van der Waals surface area contributed by atoms with Crippen LogP contribution in [0.5, 0.6) is 0 Å². The number of hydrogen-bond acceptors (Lipinski definition) is 2. The summed E-state index contributed by atoms with van der Waals surface area (Å²) in [7, 11) is 0.